The summed E-state index contributed by atoms with van der Waals surface area (Å²) in [6.07, 6.45) is -0.527. The standard InChI is InChI=1S/C23H22N2O3/c1-23(2,3)28-22(27)25-20-11-8-15(14-26)12-19(20)21(24-25)18-10-9-16-6-4-5-7-17(16)13-18/h4-13,26H,14H2,1-3H3. The van der Waals surface area contributed by atoms with Gasteiger partial charge in [0.25, 0.3) is 0 Å². The quantitative estimate of drug-likeness (QED) is 0.528. The minimum Gasteiger partial charge on any atom is -0.442 e. The van der Waals surface area contributed by atoms with Gasteiger partial charge < -0.3 is 9.84 Å². The minimum atomic E-state index is -0.622. The first kappa shape index (κ1) is 18.2. The van der Waals surface area contributed by atoms with Crippen molar-refractivity contribution in [2.24, 2.45) is 0 Å². The van der Waals surface area contributed by atoms with Crippen molar-refractivity contribution >= 4 is 27.8 Å². The van der Waals surface area contributed by atoms with Crippen LogP contribution in [0.4, 0.5) is 4.79 Å². The average Bonchev–Trinajstić information content (AvgIpc) is 3.05. The Hall–Kier alpha value is -3.18. The number of hydrogen-bond acceptors (Lipinski definition) is 4. The van der Waals surface area contributed by atoms with Crippen molar-refractivity contribution in [2.75, 3.05) is 0 Å². The lowest BCUT2D eigenvalue weighted by Gasteiger charge is -2.19. The fraction of sp³-hybridized carbons (Fsp3) is 0.217. The summed E-state index contributed by atoms with van der Waals surface area (Å²) in [5.74, 6) is 0. The number of carbonyl (C=O) groups is 1. The van der Waals surface area contributed by atoms with Crippen LogP contribution in [0.5, 0.6) is 0 Å². The van der Waals surface area contributed by atoms with E-state index in [1.54, 1.807) is 12.1 Å². The molecule has 1 heterocycles. The molecule has 5 heteroatoms. The van der Waals surface area contributed by atoms with Crippen LogP contribution < -0.4 is 0 Å². The Balaban J connectivity index is 1.92. The van der Waals surface area contributed by atoms with Crippen LogP contribution in [0.25, 0.3) is 32.9 Å². The largest absolute Gasteiger partial charge is 0.442 e. The van der Waals surface area contributed by atoms with Gasteiger partial charge in [0.15, 0.2) is 0 Å². The number of aliphatic hydroxyl groups is 1. The lowest BCUT2D eigenvalue weighted by atomic mass is 10.0. The Bertz CT molecular complexity index is 1190. The molecule has 0 aliphatic rings. The first-order valence-electron chi connectivity index (χ1n) is 9.21. The molecule has 1 N–H and O–H groups in total. The maximum absolute atomic E-state index is 12.7. The second kappa shape index (κ2) is 6.77. The molecule has 28 heavy (non-hydrogen) atoms. The molecule has 4 aromatic rings. The Morgan fingerprint density at radius 1 is 1.04 bits per heavy atom. The second-order valence-electron chi connectivity index (χ2n) is 7.81. The van der Waals surface area contributed by atoms with E-state index in [1.165, 1.54) is 4.68 Å². The topological polar surface area (TPSA) is 64.4 Å². The second-order valence-corrected chi connectivity index (χ2v) is 7.81. The molecule has 0 bridgehead atoms. The number of carbonyl (C=O) groups excluding carboxylic acids is 1. The predicted molar refractivity (Wildman–Crippen MR) is 110 cm³/mol. The van der Waals surface area contributed by atoms with E-state index in [0.29, 0.717) is 11.2 Å². The number of rotatable bonds is 2. The van der Waals surface area contributed by atoms with Gasteiger partial charge in [-0.15, -0.1) is 0 Å². The zero-order chi connectivity index (χ0) is 19.9. The molecular formula is C23H22N2O3. The van der Waals surface area contributed by atoms with E-state index in [9.17, 15) is 9.90 Å². The van der Waals surface area contributed by atoms with Gasteiger partial charge in [0, 0.05) is 10.9 Å². The molecule has 3 aromatic carbocycles. The molecule has 0 aliphatic heterocycles. The van der Waals surface area contributed by atoms with Crippen molar-refractivity contribution in [1.29, 1.82) is 0 Å². The summed E-state index contributed by atoms with van der Waals surface area (Å²) < 4.78 is 6.82. The van der Waals surface area contributed by atoms with Gasteiger partial charge in [0.05, 0.1) is 12.1 Å². The van der Waals surface area contributed by atoms with Gasteiger partial charge in [-0.25, -0.2) is 4.79 Å². The zero-order valence-corrected chi connectivity index (χ0v) is 16.1. The van der Waals surface area contributed by atoms with E-state index >= 15 is 0 Å². The summed E-state index contributed by atoms with van der Waals surface area (Å²) in [6.45, 7) is 5.39. The number of nitrogens with zero attached hydrogens (tertiary/aromatic N) is 2. The van der Waals surface area contributed by atoms with Gasteiger partial charge in [0.1, 0.15) is 11.3 Å². The number of benzene rings is 3. The number of hydrogen-bond donors (Lipinski definition) is 1. The van der Waals surface area contributed by atoms with Crippen LogP contribution >= 0.6 is 0 Å². The molecular weight excluding hydrogens is 352 g/mol. The molecule has 142 valence electrons. The highest BCUT2D eigenvalue weighted by atomic mass is 16.6. The number of aliphatic hydroxyl groups excluding tert-OH is 1. The van der Waals surface area contributed by atoms with Crippen molar-refractivity contribution in [2.45, 2.75) is 33.0 Å². The highest BCUT2D eigenvalue weighted by molar-refractivity contribution is 5.99. The summed E-state index contributed by atoms with van der Waals surface area (Å²) in [4.78, 5) is 12.7. The molecule has 0 aliphatic carbocycles. The van der Waals surface area contributed by atoms with Crippen LogP contribution in [0, 0.1) is 0 Å². The van der Waals surface area contributed by atoms with E-state index in [-0.39, 0.29) is 6.61 Å². The molecule has 0 unspecified atom stereocenters. The Morgan fingerprint density at radius 2 is 1.79 bits per heavy atom. The lowest BCUT2D eigenvalue weighted by molar-refractivity contribution is 0.0523. The summed E-state index contributed by atoms with van der Waals surface area (Å²) >= 11 is 0. The third-order valence-corrected chi connectivity index (χ3v) is 4.52. The van der Waals surface area contributed by atoms with E-state index in [0.717, 1.165) is 27.3 Å². The van der Waals surface area contributed by atoms with Crippen LogP contribution in [-0.4, -0.2) is 26.6 Å². The van der Waals surface area contributed by atoms with Crippen molar-refractivity contribution in [3.63, 3.8) is 0 Å². The molecule has 0 radical (unpaired) electrons. The van der Waals surface area contributed by atoms with E-state index in [1.807, 2.05) is 57.2 Å². The maximum Gasteiger partial charge on any atom is 0.435 e. The van der Waals surface area contributed by atoms with Crippen LogP contribution in [0.15, 0.2) is 60.7 Å². The van der Waals surface area contributed by atoms with Crippen molar-refractivity contribution in [3.05, 3.63) is 66.2 Å². The van der Waals surface area contributed by atoms with Crippen LogP contribution in [-0.2, 0) is 11.3 Å². The maximum atomic E-state index is 12.7. The summed E-state index contributed by atoms with van der Waals surface area (Å²) in [7, 11) is 0. The summed E-state index contributed by atoms with van der Waals surface area (Å²) in [5, 5.41) is 17.2. The van der Waals surface area contributed by atoms with Crippen LogP contribution in [0.1, 0.15) is 26.3 Å². The van der Waals surface area contributed by atoms with Crippen molar-refractivity contribution < 1.29 is 14.6 Å². The van der Waals surface area contributed by atoms with E-state index < -0.39 is 11.7 Å². The lowest BCUT2D eigenvalue weighted by Crippen LogP contribution is -2.27. The number of aromatic nitrogens is 2. The third kappa shape index (κ3) is 3.37. The molecule has 4 rings (SSSR count). The van der Waals surface area contributed by atoms with Gasteiger partial charge in [-0.3, -0.25) is 0 Å². The van der Waals surface area contributed by atoms with Crippen molar-refractivity contribution in [3.8, 4) is 11.3 Å². The fourth-order valence-corrected chi connectivity index (χ4v) is 3.26. The fourth-order valence-electron chi connectivity index (χ4n) is 3.26. The molecule has 0 amide bonds. The molecule has 0 atom stereocenters. The minimum absolute atomic E-state index is 0.0787. The molecule has 0 saturated carbocycles. The van der Waals surface area contributed by atoms with Gasteiger partial charge >= 0.3 is 6.09 Å². The number of ether oxygens (including phenoxy) is 1. The first-order chi connectivity index (χ1) is 13.4. The van der Waals surface area contributed by atoms with Crippen LogP contribution in [0.2, 0.25) is 0 Å². The Morgan fingerprint density at radius 3 is 2.50 bits per heavy atom. The van der Waals surface area contributed by atoms with E-state index in [2.05, 4.69) is 17.2 Å². The average molecular weight is 374 g/mol. The summed E-state index contributed by atoms with van der Waals surface area (Å²) in [6, 6.07) is 19.6. The van der Waals surface area contributed by atoms with Gasteiger partial charge in [-0.2, -0.15) is 9.78 Å². The summed E-state index contributed by atoms with van der Waals surface area (Å²) in [5.41, 5.74) is 2.37. The normalized spacial score (nSPS) is 11.9. The number of fused-ring (bicyclic) bond motifs is 2. The molecule has 1 aromatic heterocycles. The predicted octanol–water partition coefficient (Wildman–Crippen LogP) is 5.13. The van der Waals surface area contributed by atoms with Gasteiger partial charge in [0.2, 0.25) is 0 Å². The monoisotopic (exact) mass is 374 g/mol. The van der Waals surface area contributed by atoms with E-state index in [4.69, 9.17) is 4.74 Å². The first-order valence-corrected chi connectivity index (χ1v) is 9.21. The smallest absolute Gasteiger partial charge is 0.435 e. The zero-order valence-electron chi connectivity index (χ0n) is 16.1. The SMILES string of the molecule is CC(C)(C)OC(=O)n1nc(-c2ccc3ccccc3c2)c2cc(CO)ccc21. The van der Waals surface area contributed by atoms with Gasteiger partial charge in [-0.1, -0.05) is 42.5 Å². The molecule has 5 nitrogen and oxygen atoms in total. The van der Waals surface area contributed by atoms with Crippen molar-refractivity contribution in [1.82, 2.24) is 9.78 Å². The third-order valence-electron chi connectivity index (χ3n) is 4.52. The molecule has 0 saturated heterocycles. The Labute approximate surface area is 163 Å². The van der Waals surface area contributed by atoms with Crippen LogP contribution in [0.3, 0.4) is 0 Å². The van der Waals surface area contributed by atoms with Gasteiger partial charge in [-0.05, 0) is 55.3 Å². The molecule has 0 spiro atoms. The molecule has 0 fully saturated rings. The Kier molecular flexibility index (Phi) is 4.40. The highest BCUT2D eigenvalue weighted by Gasteiger charge is 2.23. The highest BCUT2D eigenvalue weighted by Crippen LogP contribution is 2.31.